The number of likely N-dealkylation sites (tertiary alicyclic amines) is 1. The first-order chi connectivity index (χ1) is 16.0. The Kier molecular flexibility index (Phi) is 6.63. The Morgan fingerprint density at radius 1 is 0.879 bits per heavy atom. The van der Waals surface area contributed by atoms with E-state index in [1.54, 1.807) is 54.6 Å². The summed E-state index contributed by atoms with van der Waals surface area (Å²) in [6, 6.07) is 15.2. The maximum atomic E-state index is 12.8. The topological polar surface area (TPSA) is 110 Å². The van der Waals surface area contributed by atoms with Gasteiger partial charge in [0.25, 0.3) is 5.91 Å². The van der Waals surface area contributed by atoms with E-state index in [0.717, 1.165) is 17.7 Å². The van der Waals surface area contributed by atoms with Crippen LogP contribution in [0.5, 0.6) is 0 Å². The minimum atomic E-state index is -0.834. The minimum absolute atomic E-state index is 0.254. The van der Waals surface area contributed by atoms with E-state index < -0.39 is 25.0 Å². The van der Waals surface area contributed by atoms with Crippen molar-refractivity contribution in [2.24, 2.45) is 11.8 Å². The van der Waals surface area contributed by atoms with Crippen molar-refractivity contribution in [1.82, 2.24) is 4.90 Å². The second kappa shape index (κ2) is 9.77. The number of amides is 3. The van der Waals surface area contributed by atoms with E-state index in [-0.39, 0.29) is 29.4 Å². The van der Waals surface area contributed by atoms with Crippen molar-refractivity contribution in [3.63, 3.8) is 0 Å². The summed E-state index contributed by atoms with van der Waals surface area (Å²) in [5.41, 5.74) is 1.08. The van der Waals surface area contributed by atoms with Crippen molar-refractivity contribution in [2.45, 2.75) is 25.7 Å². The number of para-hydroxylation sites is 1. The Bertz CT molecular complexity index is 1070. The van der Waals surface area contributed by atoms with Crippen LogP contribution in [0.2, 0.25) is 0 Å². The lowest BCUT2D eigenvalue weighted by molar-refractivity contribution is -0.154. The molecule has 2 unspecified atom stereocenters. The quantitative estimate of drug-likeness (QED) is 0.396. The summed E-state index contributed by atoms with van der Waals surface area (Å²) in [4.78, 5) is 63.2. The van der Waals surface area contributed by atoms with E-state index in [4.69, 9.17) is 4.74 Å². The van der Waals surface area contributed by atoms with Gasteiger partial charge in [0.05, 0.1) is 17.5 Å². The molecule has 1 saturated carbocycles. The van der Waals surface area contributed by atoms with Crippen LogP contribution in [0.4, 0.5) is 5.69 Å². The van der Waals surface area contributed by atoms with Gasteiger partial charge in [-0.3, -0.25) is 28.9 Å². The van der Waals surface area contributed by atoms with Crippen molar-refractivity contribution in [3.8, 4) is 0 Å². The fourth-order valence-electron chi connectivity index (χ4n) is 4.43. The van der Waals surface area contributed by atoms with E-state index in [0.29, 0.717) is 29.7 Å². The lowest BCUT2D eigenvalue weighted by atomic mass is 9.81. The first-order valence-electron chi connectivity index (χ1n) is 10.9. The molecule has 2 atom stereocenters. The summed E-state index contributed by atoms with van der Waals surface area (Å²) in [5, 5.41) is 2.58. The highest BCUT2D eigenvalue weighted by Gasteiger charge is 2.48. The van der Waals surface area contributed by atoms with Gasteiger partial charge in [-0.15, -0.1) is 0 Å². The molecule has 3 amide bonds. The Balaban J connectivity index is 1.33. The number of anilines is 1. The third-order valence-corrected chi connectivity index (χ3v) is 6.07. The number of nitrogens with one attached hydrogen (secondary N) is 1. The zero-order valence-electron chi connectivity index (χ0n) is 18.0. The first kappa shape index (κ1) is 22.4. The van der Waals surface area contributed by atoms with Crippen LogP contribution in [0.15, 0.2) is 54.6 Å². The van der Waals surface area contributed by atoms with E-state index in [1.165, 1.54) is 0 Å². The van der Waals surface area contributed by atoms with Gasteiger partial charge in [-0.25, -0.2) is 0 Å². The summed E-state index contributed by atoms with van der Waals surface area (Å²) in [6.07, 6.45) is 3.11. The third kappa shape index (κ3) is 4.84. The van der Waals surface area contributed by atoms with Crippen LogP contribution in [0.1, 0.15) is 41.6 Å². The van der Waals surface area contributed by atoms with Gasteiger partial charge < -0.3 is 10.1 Å². The predicted molar refractivity (Wildman–Crippen MR) is 118 cm³/mol. The Labute approximate surface area is 190 Å². The molecule has 1 aliphatic heterocycles. The molecule has 1 N–H and O–H groups in total. The standard InChI is InChI=1S/C25H24N2O6/c28-21(26-20-13-7-6-12-19(20)23(30)16-8-2-1-3-9-16)15-33-22(29)14-27-24(31)17-10-4-5-11-18(17)25(27)32/h1-3,6-9,12-13,17-18H,4-5,10-11,14-15H2,(H,26,28). The summed E-state index contributed by atoms with van der Waals surface area (Å²) >= 11 is 0. The van der Waals surface area contributed by atoms with Crippen LogP contribution >= 0.6 is 0 Å². The summed E-state index contributed by atoms with van der Waals surface area (Å²) in [7, 11) is 0. The fourth-order valence-corrected chi connectivity index (χ4v) is 4.43. The Morgan fingerprint density at radius 3 is 2.15 bits per heavy atom. The number of carbonyl (C=O) groups excluding carboxylic acids is 5. The van der Waals surface area contributed by atoms with Gasteiger partial charge in [0.15, 0.2) is 12.4 Å². The number of benzene rings is 2. The molecule has 0 spiro atoms. The number of rotatable bonds is 7. The van der Waals surface area contributed by atoms with Crippen LogP contribution < -0.4 is 5.32 Å². The van der Waals surface area contributed by atoms with E-state index in [9.17, 15) is 24.0 Å². The maximum Gasteiger partial charge on any atom is 0.326 e. The number of esters is 1. The van der Waals surface area contributed by atoms with Crippen molar-refractivity contribution in [3.05, 3.63) is 65.7 Å². The van der Waals surface area contributed by atoms with Crippen LogP contribution in [-0.2, 0) is 23.9 Å². The SMILES string of the molecule is O=C(COC(=O)CN1C(=O)C2CCCCC2C1=O)Nc1ccccc1C(=O)c1ccccc1. The largest absolute Gasteiger partial charge is 0.454 e. The van der Waals surface area contributed by atoms with Crippen LogP contribution in [0, 0.1) is 11.8 Å². The number of hydrogen-bond acceptors (Lipinski definition) is 6. The van der Waals surface area contributed by atoms with Crippen LogP contribution in [-0.4, -0.2) is 47.5 Å². The van der Waals surface area contributed by atoms with E-state index in [2.05, 4.69) is 5.32 Å². The van der Waals surface area contributed by atoms with E-state index in [1.807, 2.05) is 0 Å². The number of carbonyl (C=O) groups is 5. The monoisotopic (exact) mass is 448 g/mol. The molecule has 2 aromatic carbocycles. The Morgan fingerprint density at radius 2 is 1.48 bits per heavy atom. The lowest BCUT2D eigenvalue weighted by Gasteiger charge is -2.19. The number of imide groups is 1. The molecule has 0 aromatic heterocycles. The molecule has 33 heavy (non-hydrogen) atoms. The molecule has 8 heteroatoms. The molecule has 8 nitrogen and oxygen atoms in total. The second-order valence-corrected chi connectivity index (χ2v) is 8.21. The summed E-state index contributed by atoms with van der Waals surface area (Å²) < 4.78 is 4.99. The second-order valence-electron chi connectivity index (χ2n) is 8.21. The van der Waals surface area contributed by atoms with Gasteiger partial charge in [-0.1, -0.05) is 55.3 Å². The van der Waals surface area contributed by atoms with Crippen LogP contribution in [0.25, 0.3) is 0 Å². The zero-order valence-corrected chi connectivity index (χ0v) is 18.0. The molecular formula is C25H24N2O6. The van der Waals surface area contributed by atoms with Crippen LogP contribution in [0.3, 0.4) is 0 Å². The summed E-state index contributed by atoms with van der Waals surface area (Å²) in [6.45, 7) is -1.10. The van der Waals surface area contributed by atoms with Crippen molar-refractivity contribution < 1.29 is 28.7 Å². The fraction of sp³-hybridized carbons (Fsp3) is 0.320. The number of hydrogen-bond donors (Lipinski definition) is 1. The zero-order chi connectivity index (χ0) is 23.4. The van der Waals surface area contributed by atoms with Gasteiger partial charge in [0.2, 0.25) is 11.8 Å². The van der Waals surface area contributed by atoms with Crippen molar-refractivity contribution >= 4 is 35.2 Å². The molecule has 2 aliphatic rings. The maximum absolute atomic E-state index is 12.8. The molecule has 0 bridgehead atoms. The van der Waals surface area contributed by atoms with Crippen molar-refractivity contribution in [1.29, 1.82) is 0 Å². The molecule has 4 rings (SSSR count). The number of ether oxygens (including phenoxy) is 1. The molecule has 2 aromatic rings. The molecule has 2 fully saturated rings. The normalized spacial score (nSPS) is 19.7. The number of fused-ring (bicyclic) bond motifs is 1. The van der Waals surface area contributed by atoms with Gasteiger partial charge in [0, 0.05) is 11.1 Å². The van der Waals surface area contributed by atoms with Gasteiger partial charge in [-0.2, -0.15) is 0 Å². The Hall–Kier alpha value is -3.81. The van der Waals surface area contributed by atoms with E-state index >= 15 is 0 Å². The first-order valence-corrected chi connectivity index (χ1v) is 10.9. The molecule has 170 valence electrons. The minimum Gasteiger partial charge on any atom is -0.454 e. The molecule has 1 heterocycles. The predicted octanol–water partition coefficient (Wildman–Crippen LogP) is 2.57. The molecular weight excluding hydrogens is 424 g/mol. The van der Waals surface area contributed by atoms with Gasteiger partial charge in [-0.05, 0) is 25.0 Å². The highest BCUT2D eigenvalue weighted by molar-refractivity contribution is 6.14. The van der Waals surface area contributed by atoms with Gasteiger partial charge in [0.1, 0.15) is 6.54 Å². The molecule has 1 saturated heterocycles. The average Bonchev–Trinajstić information content (AvgIpc) is 3.08. The average molecular weight is 448 g/mol. The lowest BCUT2D eigenvalue weighted by Crippen LogP contribution is -2.37. The molecule has 1 aliphatic carbocycles. The smallest absolute Gasteiger partial charge is 0.326 e. The summed E-state index contributed by atoms with van der Waals surface area (Å²) in [5.74, 6) is -3.08. The van der Waals surface area contributed by atoms with Crippen molar-refractivity contribution in [2.75, 3.05) is 18.5 Å². The number of ketones is 1. The molecule has 0 radical (unpaired) electrons. The third-order valence-electron chi connectivity index (χ3n) is 6.07. The number of nitrogens with zero attached hydrogens (tertiary/aromatic N) is 1. The highest BCUT2D eigenvalue weighted by atomic mass is 16.5. The highest BCUT2D eigenvalue weighted by Crippen LogP contribution is 2.37. The van der Waals surface area contributed by atoms with Gasteiger partial charge >= 0.3 is 5.97 Å².